The summed E-state index contributed by atoms with van der Waals surface area (Å²) in [7, 11) is 0. The molecular weight excluding hydrogens is 160 g/mol. The van der Waals surface area contributed by atoms with Gasteiger partial charge in [-0.1, -0.05) is 13.3 Å². The Morgan fingerprint density at radius 2 is 1.50 bits per heavy atom. The molecule has 0 aromatic heterocycles. The Bertz CT molecular complexity index is 51.0. The van der Waals surface area contributed by atoms with Crippen LogP contribution in [-0.4, -0.2) is 48.4 Å². The second-order valence-electron chi connectivity index (χ2n) is 2.14. The van der Waals surface area contributed by atoms with Gasteiger partial charge in [-0.25, -0.2) is 0 Å². The molecule has 0 unspecified atom stereocenters. The van der Waals surface area contributed by atoms with E-state index in [1.807, 2.05) is 0 Å². The zero-order valence-electron chi connectivity index (χ0n) is 7.70. The van der Waals surface area contributed by atoms with E-state index < -0.39 is 0 Å². The molecule has 3 N–H and O–H groups in total. The van der Waals surface area contributed by atoms with Gasteiger partial charge in [-0.05, 0) is 6.42 Å². The largest absolute Gasteiger partial charge is 0.394 e. The molecule has 0 aliphatic rings. The third-order valence-corrected chi connectivity index (χ3v) is 0.978. The van der Waals surface area contributed by atoms with E-state index in [9.17, 15) is 0 Å². The van der Waals surface area contributed by atoms with Crippen molar-refractivity contribution in [2.75, 3.05) is 33.0 Å². The van der Waals surface area contributed by atoms with Crippen LogP contribution in [0.4, 0.5) is 0 Å². The predicted molar refractivity (Wildman–Crippen MR) is 47.0 cm³/mol. The van der Waals surface area contributed by atoms with E-state index in [4.69, 9.17) is 20.1 Å². The maximum atomic E-state index is 8.24. The molecule has 76 valence electrons. The summed E-state index contributed by atoms with van der Waals surface area (Å²) in [5.74, 6) is 0. The predicted octanol–water partition coefficient (Wildman–Crippen LogP) is -0.234. The molecule has 0 radical (unpaired) electrons. The molecule has 4 heteroatoms. The fourth-order valence-electron chi connectivity index (χ4n) is 0.413. The Labute approximate surface area is 73.8 Å². The highest BCUT2D eigenvalue weighted by Gasteiger charge is 1.82. The Morgan fingerprint density at radius 3 is 1.83 bits per heavy atom. The van der Waals surface area contributed by atoms with Crippen molar-refractivity contribution in [3.05, 3.63) is 0 Å². The quantitative estimate of drug-likeness (QED) is 0.494. The average Bonchev–Trinajstić information content (AvgIpc) is 2.13. The minimum atomic E-state index is -0.125. The van der Waals surface area contributed by atoms with Crippen LogP contribution in [0.15, 0.2) is 0 Å². The Balaban J connectivity index is 0. The molecule has 0 heterocycles. The van der Waals surface area contributed by atoms with Gasteiger partial charge in [0.1, 0.15) is 0 Å². The van der Waals surface area contributed by atoms with Crippen molar-refractivity contribution in [2.24, 2.45) is 0 Å². The highest BCUT2D eigenvalue weighted by molar-refractivity contribution is 4.30. The number of hydrogen-bond donors (Lipinski definition) is 3. The smallest absolute Gasteiger partial charge is 0.0697 e. The number of aliphatic hydroxyl groups excluding tert-OH is 3. The Morgan fingerprint density at radius 1 is 0.917 bits per heavy atom. The van der Waals surface area contributed by atoms with E-state index in [-0.39, 0.29) is 19.8 Å². The SMILES string of the molecule is CCCCOCCO.OCCO. The summed E-state index contributed by atoms with van der Waals surface area (Å²) in [6.45, 7) is 3.28. The lowest BCUT2D eigenvalue weighted by molar-refractivity contribution is 0.0904. The van der Waals surface area contributed by atoms with Crippen molar-refractivity contribution in [1.29, 1.82) is 0 Å². The summed E-state index contributed by atoms with van der Waals surface area (Å²) in [5.41, 5.74) is 0. The van der Waals surface area contributed by atoms with Crippen LogP contribution in [0.3, 0.4) is 0 Å². The van der Waals surface area contributed by atoms with Crippen LogP contribution < -0.4 is 0 Å². The van der Waals surface area contributed by atoms with Crippen molar-refractivity contribution >= 4 is 0 Å². The van der Waals surface area contributed by atoms with Crippen LogP contribution in [0.2, 0.25) is 0 Å². The third kappa shape index (κ3) is 22.5. The third-order valence-electron chi connectivity index (χ3n) is 0.978. The second-order valence-corrected chi connectivity index (χ2v) is 2.14. The minimum Gasteiger partial charge on any atom is -0.394 e. The Kier molecular flexibility index (Phi) is 20.4. The summed E-state index contributed by atoms with van der Waals surface area (Å²) >= 11 is 0. The number of unbranched alkanes of at least 4 members (excludes halogenated alkanes) is 1. The van der Waals surface area contributed by atoms with Gasteiger partial charge in [0.15, 0.2) is 0 Å². The van der Waals surface area contributed by atoms with Crippen molar-refractivity contribution in [3.63, 3.8) is 0 Å². The van der Waals surface area contributed by atoms with Gasteiger partial charge in [0.25, 0.3) is 0 Å². The van der Waals surface area contributed by atoms with Crippen molar-refractivity contribution < 1.29 is 20.1 Å². The van der Waals surface area contributed by atoms with E-state index >= 15 is 0 Å². The molecule has 0 saturated carbocycles. The molecule has 0 aliphatic heterocycles. The van der Waals surface area contributed by atoms with Crippen LogP contribution in [0, 0.1) is 0 Å². The molecule has 0 aromatic carbocycles. The number of ether oxygens (including phenoxy) is 1. The van der Waals surface area contributed by atoms with Crippen LogP contribution in [0.5, 0.6) is 0 Å². The van der Waals surface area contributed by atoms with Crippen molar-refractivity contribution in [2.45, 2.75) is 19.8 Å². The van der Waals surface area contributed by atoms with Gasteiger partial charge in [0.05, 0.1) is 26.4 Å². The Hall–Kier alpha value is -0.160. The molecule has 12 heavy (non-hydrogen) atoms. The first-order valence-corrected chi connectivity index (χ1v) is 4.23. The molecule has 0 spiro atoms. The van der Waals surface area contributed by atoms with E-state index in [1.165, 1.54) is 0 Å². The summed E-state index contributed by atoms with van der Waals surface area (Å²) in [6, 6.07) is 0. The molecule has 0 atom stereocenters. The van der Waals surface area contributed by atoms with E-state index in [0.717, 1.165) is 19.4 Å². The van der Waals surface area contributed by atoms with Gasteiger partial charge < -0.3 is 20.1 Å². The van der Waals surface area contributed by atoms with Crippen molar-refractivity contribution in [3.8, 4) is 0 Å². The lowest BCUT2D eigenvalue weighted by Gasteiger charge is -1.97. The molecule has 0 bridgehead atoms. The first-order chi connectivity index (χ1) is 5.83. The zero-order chi connectivity index (χ0) is 9.66. The summed E-state index contributed by atoms with van der Waals surface area (Å²) < 4.78 is 4.97. The van der Waals surface area contributed by atoms with Crippen LogP contribution in [0.25, 0.3) is 0 Å². The molecule has 0 aliphatic carbocycles. The first kappa shape index (κ1) is 14.4. The van der Waals surface area contributed by atoms with Crippen LogP contribution in [-0.2, 0) is 4.74 Å². The topological polar surface area (TPSA) is 69.9 Å². The van der Waals surface area contributed by atoms with Crippen LogP contribution in [0.1, 0.15) is 19.8 Å². The first-order valence-electron chi connectivity index (χ1n) is 4.23. The van der Waals surface area contributed by atoms with E-state index in [1.54, 1.807) is 0 Å². The molecule has 4 nitrogen and oxygen atoms in total. The lowest BCUT2D eigenvalue weighted by Crippen LogP contribution is -1.99. The van der Waals surface area contributed by atoms with E-state index in [0.29, 0.717) is 6.61 Å². The van der Waals surface area contributed by atoms with Crippen LogP contribution >= 0.6 is 0 Å². The van der Waals surface area contributed by atoms with Gasteiger partial charge in [-0.3, -0.25) is 0 Å². The molecular formula is C8H20O4. The molecule has 0 saturated heterocycles. The fraction of sp³-hybridized carbons (Fsp3) is 1.00. The van der Waals surface area contributed by atoms with Crippen molar-refractivity contribution in [1.82, 2.24) is 0 Å². The zero-order valence-corrected chi connectivity index (χ0v) is 7.70. The highest BCUT2D eigenvalue weighted by Crippen LogP contribution is 1.85. The standard InChI is InChI=1S/C6H14O2.C2H6O2/c1-2-3-5-8-6-4-7;3-1-2-4/h7H,2-6H2,1H3;3-4H,1-2H2. The second kappa shape index (κ2) is 17.1. The van der Waals surface area contributed by atoms with E-state index in [2.05, 4.69) is 6.92 Å². The van der Waals surface area contributed by atoms with Gasteiger partial charge in [-0.2, -0.15) is 0 Å². The maximum absolute atomic E-state index is 8.24. The lowest BCUT2D eigenvalue weighted by atomic mass is 10.4. The fourth-order valence-corrected chi connectivity index (χ4v) is 0.413. The van der Waals surface area contributed by atoms with Gasteiger partial charge >= 0.3 is 0 Å². The molecule has 0 aromatic rings. The van der Waals surface area contributed by atoms with Gasteiger partial charge in [-0.15, -0.1) is 0 Å². The number of aliphatic hydroxyl groups is 3. The monoisotopic (exact) mass is 180 g/mol. The number of hydrogen-bond acceptors (Lipinski definition) is 4. The summed E-state index contributed by atoms with van der Waals surface area (Å²) in [4.78, 5) is 0. The highest BCUT2D eigenvalue weighted by atomic mass is 16.5. The normalized spacial score (nSPS) is 9.00. The van der Waals surface area contributed by atoms with Gasteiger partial charge in [0.2, 0.25) is 0 Å². The number of rotatable bonds is 6. The average molecular weight is 180 g/mol. The summed E-state index contributed by atoms with van der Waals surface area (Å²) in [6.07, 6.45) is 2.26. The molecule has 0 amide bonds. The van der Waals surface area contributed by atoms with Gasteiger partial charge in [0, 0.05) is 6.61 Å². The molecule has 0 fully saturated rings. The summed E-state index contributed by atoms with van der Waals surface area (Å²) in [5, 5.41) is 23.5. The molecule has 0 rings (SSSR count). The maximum Gasteiger partial charge on any atom is 0.0697 e. The minimum absolute atomic E-state index is 0.125.